The number of carbonyl (C=O) groups excluding carboxylic acids is 1. The smallest absolute Gasteiger partial charge is 0.273 e. The van der Waals surface area contributed by atoms with Crippen molar-refractivity contribution in [2.45, 2.75) is 50.6 Å². The predicted octanol–water partition coefficient (Wildman–Crippen LogP) is 4.50. The van der Waals surface area contributed by atoms with E-state index in [0.717, 1.165) is 24.8 Å². The van der Waals surface area contributed by atoms with Gasteiger partial charge in [0, 0.05) is 23.7 Å². The highest BCUT2D eigenvalue weighted by Gasteiger charge is 2.40. The van der Waals surface area contributed by atoms with Crippen molar-refractivity contribution < 1.29 is 26.4 Å². The molecule has 0 radical (unpaired) electrons. The van der Waals surface area contributed by atoms with E-state index >= 15 is 4.39 Å². The van der Waals surface area contributed by atoms with Gasteiger partial charge in [0.2, 0.25) is 10.0 Å². The molecule has 3 atom stereocenters. The third-order valence-electron chi connectivity index (χ3n) is 6.17. The summed E-state index contributed by atoms with van der Waals surface area (Å²) in [6, 6.07) is 9.69. The summed E-state index contributed by atoms with van der Waals surface area (Å²) < 4.78 is 62.7. The summed E-state index contributed by atoms with van der Waals surface area (Å²) in [5, 5.41) is 1.80. The normalized spacial score (nSPS) is 21.2. The number of nitrogens with zero attached hydrogens (tertiary/aromatic N) is 2. The Hall–Kier alpha value is -3.11. The van der Waals surface area contributed by atoms with Gasteiger partial charge in [0.1, 0.15) is 23.1 Å². The van der Waals surface area contributed by atoms with Crippen molar-refractivity contribution in [1.82, 2.24) is 14.6 Å². The zero-order valence-corrected chi connectivity index (χ0v) is 19.6. The van der Waals surface area contributed by atoms with Gasteiger partial charge in [-0.15, -0.1) is 0 Å². The van der Waals surface area contributed by atoms with Gasteiger partial charge in [-0.1, -0.05) is 30.3 Å². The maximum absolute atomic E-state index is 15.0. The highest BCUT2D eigenvalue weighted by molar-refractivity contribution is 7.89. The minimum absolute atomic E-state index is 0.0154. The van der Waals surface area contributed by atoms with Crippen LogP contribution < -0.4 is 5.32 Å². The summed E-state index contributed by atoms with van der Waals surface area (Å²) >= 11 is 0. The Bertz CT molecular complexity index is 1270. The van der Waals surface area contributed by atoms with Crippen molar-refractivity contribution in [3.63, 3.8) is 0 Å². The highest BCUT2D eigenvalue weighted by atomic mass is 32.2. The molecule has 1 aliphatic rings. The fourth-order valence-electron chi connectivity index (χ4n) is 4.25. The molecule has 2 aromatic carbocycles. The van der Waals surface area contributed by atoms with Gasteiger partial charge in [0.25, 0.3) is 5.91 Å². The number of amides is 1. The van der Waals surface area contributed by atoms with Gasteiger partial charge in [-0.25, -0.2) is 22.2 Å². The zero-order chi connectivity index (χ0) is 24.5. The average Bonchev–Trinajstić information content (AvgIpc) is 3.34. The Morgan fingerprint density at radius 3 is 2.62 bits per heavy atom. The first-order valence-electron chi connectivity index (χ1n) is 10.9. The van der Waals surface area contributed by atoms with Crippen molar-refractivity contribution in [2.24, 2.45) is 0 Å². The summed E-state index contributed by atoms with van der Waals surface area (Å²) in [5.41, 5.74) is 0.565. The van der Waals surface area contributed by atoms with Crippen molar-refractivity contribution in [3.05, 3.63) is 89.1 Å². The number of aromatic nitrogens is 1. The van der Waals surface area contributed by atoms with E-state index in [0.29, 0.717) is 18.4 Å². The number of oxazole rings is 1. The van der Waals surface area contributed by atoms with Gasteiger partial charge in [-0.3, -0.25) is 4.79 Å². The number of sulfonamides is 1. The van der Waals surface area contributed by atoms with Crippen molar-refractivity contribution in [1.29, 1.82) is 0 Å². The molecule has 10 heteroatoms. The molecule has 1 aromatic heterocycles. The van der Waals surface area contributed by atoms with Crippen molar-refractivity contribution in [3.8, 4) is 0 Å². The van der Waals surface area contributed by atoms with Crippen LogP contribution in [0.2, 0.25) is 0 Å². The zero-order valence-electron chi connectivity index (χ0n) is 18.7. The quantitative estimate of drug-likeness (QED) is 0.551. The third kappa shape index (κ3) is 4.74. The van der Waals surface area contributed by atoms with Gasteiger partial charge >= 0.3 is 0 Å². The van der Waals surface area contributed by atoms with E-state index in [-0.39, 0.29) is 29.4 Å². The summed E-state index contributed by atoms with van der Waals surface area (Å²) in [4.78, 5) is 15.9. The van der Waals surface area contributed by atoms with E-state index in [1.165, 1.54) is 11.2 Å². The molecule has 1 aliphatic heterocycles. The van der Waals surface area contributed by atoms with Crippen LogP contribution in [0, 0.1) is 11.6 Å². The first kappa shape index (κ1) is 24.0. The molecule has 0 bridgehead atoms. The Morgan fingerprint density at radius 1 is 1.21 bits per heavy atom. The molecule has 1 amide bonds. The Kier molecular flexibility index (Phi) is 6.81. The van der Waals surface area contributed by atoms with Crippen LogP contribution in [0.3, 0.4) is 0 Å². The van der Waals surface area contributed by atoms with E-state index < -0.39 is 38.9 Å². The molecule has 34 heavy (non-hydrogen) atoms. The Morgan fingerprint density at radius 2 is 1.94 bits per heavy atom. The molecule has 1 saturated heterocycles. The van der Waals surface area contributed by atoms with Crippen LogP contribution in [0.5, 0.6) is 0 Å². The van der Waals surface area contributed by atoms with Gasteiger partial charge in [-0.2, -0.15) is 4.31 Å². The van der Waals surface area contributed by atoms with E-state index in [1.807, 2.05) is 6.07 Å². The molecule has 0 saturated carbocycles. The molecular formula is C24H25F2N3O4S. The molecule has 2 heterocycles. The van der Waals surface area contributed by atoms with E-state index in [9.17, 15) is 17.6 Å². The number of hydrogen-bond donors (Lipinski definition) is 1. The summed E-state index contributed by atoms with van der Waals surface area (Å²) in [6.45, 7) is 3.00. The van der Waals surface area contributed by atoms with E-state index in [4.69, 9.17) is 4.42 Å². The molecule has 7 nitrogen and oxygen atoms in total. The van der Waals surface area contributed by atoms with Gasteiger partial charge < -0.3 is 9.73 Å². The van der Waals surface area contributed by atoms with Gasteiger partial charge in [-0.05, 0) is 44.4 Å². The first-order chi connectivity index (χ1) is 16.2. The lowest BCUT2D eigenvalue weighted by molar-refractivity contribution is 0.0934. The summed E-state index contributed by atoms with van der Waals surface area (Å²) in [5.74, 6) is -2.08. The standard InChI is InChI=1S/C24H25F2N3O4S/c1-15-8-9-23(17-6-4-3-5-7-17)34(31,32)29(15)12-18-10-21(26)19(11-20(18)25)16(2)28-24(30)22-13-33-14-27-22/h3-7,10-11,13-16,23H,8-9,12H2,1-2H3,(H,28,30)/t15-,16?,23+/m1/s1. The topological polar surface area (TPSA) is 92.5 Å². The Labute approximate surface area is 196 Å². The van der Waals surface area contributed by atoms with Crippen LogP contribution in [-0.2, 0) is 16.6 Å². The lowest BCUT2D eigenvalue weighted by Crippen LogP contribution is -2.44. The van der Waals surface area contributed by atoms with Crippen LogP contribution in [-0.4, -0.2) is 29.7 Å². The molecule has 1 unspecified atom stereocenters. The van der Waals surface area contributed by atoms with Gasteiger partial charge in [0.15, 0.2) is 12.1 Å². The van der Waals surface area contributed by atoms with Crippen LogP contribution in [0.1, 0.15) is 65.2 Å². The number of hydrogen-bond acceptors (Lipinski definition) is 5. The molecular weight excluding hydrogens is 464 g/mol. The van der Waals surface area contributed by atoms with Crippen LogP contribution in [0.4, 0.5) is 8.78 Å². The molecule has 1 N–H and O–H groups in total. The third-order valence-corrected chi connectivity index (χ3v) is 8.54. The van der Waals surface area contributed by atoms with Crippen LogP contribution in [0.25, 0.3) is 0 Å². The van der Waals surface area contributed by atoms with Crippen LogP contribution in [0.15, 0.2) is 59.5 Å². The summed E-state index contributed by atoms with van der Waals surface area (Å²) in [6.07, 6.45) is 3.30. The number of halogens is 2. The predicted molar refractivity (Wildman–Crippen MR) is 121 cm³/mol. The SMILES string of the molecule is CC(NC(=O)c1cocn1)c1cc(F)c(CN2[C@H](C)CC[C@@H](c3ccccc3)S2(=O)=O)cc1F. The maximum Gasteiger partial charge on any atom is 0.273 e. The first-order valence-corrected chi connectivity index (χ1v) is 12.4. The molecule has 0 spiro atoms. The molecule has 180 valence electrons. The van der Waals surface area contributed by atoms with E-state index in [2.05, 4.69) is 10.3 Å². The fourth-order valence-corrected chi connectivity index (χ4v) is 6.44. The lowest BCUT2D eigenvalue weighted by atomic mass is 10.0. The maximum atomic E-state index is 15.0. The molecule has 0 aliphatic carbocycles. The Balaban J connectivity index is 1.56. The molecule has 1 fully saturated rings. The minimum Gasteiger partial charge on any atom is -0.451 e. The highest BCUT2D eigenvalue weighted by Crippen LogP contribution is 2.38. The second-order valence-electron chi connectivity index (χ2n) is 8.45. The van der Waals surface area contributed by atoms with Crippen LogP contribution >= 0.6 is 0 Å². The fraction of sp³-hybridized carbons (Fsp3) is 0.333. The van der Waals surface area contributed by atoms with Gasteiger partial charge in [0.05, 0.1) is 6.04 Å². The van der Waals surface area contributed by atoms with E-state index in [1.54, 1.807) is 31.2 Å². The minimum atomic E-state index is -3.79. The largest absolute Gasteiger partial charge is 0.451 e. The number of benzene rings is 2. The lowest BCUT2D eigenvalue weighted by Gasteiger charge is -2.37. The van der Waals surface area contributed by atoms with Crippen molar-refractivity contribution >= 4 is 15.9 Å². The molecule has 4 rings (SSSR count). The summed E-state index contributed by atoms with van der Waals surface area (Å²) in [7, 11) is -3.79. The average molecular weight is 490 g/mol. The molecule has 3 aromatic rings. The number of carbonyl (C=O) groups is 1. The van der Waals surface area contributed by atoms with Crippen molar-refractivity contribution in [2.75, 3.05) is 0 Å². The number of rotatable bonds is 6. The number of nitrogens with one attached hydrogen (secondary N) is 1. The monoisotopic (exact) mass is 489 g/mol. The second-order valence-corrected chi connectivity index (χ2v) is 10.5. The second kappa shape index (κ2) is 9.63.